The van der Waals surface area contributed by atoms with E-state index in [0.717, 1.165) is 25.7 Å². The minimum absolute atomic E-state index is 0.243. The maximum Gasteiger partial charge on any atom is 0.407 e. The Morgan fingerprint density at radius 3 is 2.04 bits per heavy atom. The Morgan fingerprint density at radius 1 is 1.00 bits per heavy atom. The summed E-state index contributed by atoms with van der Waals surface area (Å²) in [5.41, 5.74) is 0.917. The van der Waals surface area contributed by atoms with Crippen LogP contribution in [-0.4, -0.2) is 29.8 Å². The monoisotopic (exact) mass is 330 g/mol. The average Bonchev–Trinajstić information content (AvgIpc) is 3.33. The first-order valence-electron chi connectivity index (χ1n) is 9.25. The van der Waals surface area contributed by atoms with Crippen LogP contribution < -0.4 is 10.2 Å². The highest BCUT2D eigenvalue weighted by atomic mass is 16.6. The molecule has 0 aromatic heterocycles. The largest absolute Gasteiger partial charge is 0.444 e. The van der Waals surface area contributed by atoms with E-state index in [2.05, 4.69) is 40.5 Å². The number of benzene rings is 1. The predicted octanol–water partition coefficient (Wildman–Crippen LogP) is 4.49. The van der Waals surface area contributed by atoms with E-state index in [0.29, 0.717) is 12.1 Å². The third-order valence-corrected chi connectivity index (χ3v) is 4.81. The SMILES string of the molecule is CC(C)(C)OC(=O)NC1CCC(N(c2ccccc2)C2CC2)CC1. The Kier molecular flexibility index (Phi) is 5.02. The Labute approximate surface area is 145 Å². The van der Waals surface area contributed by atoms with Gasteiger partial charge in [0.2, 0.25) is 0 Å². The maximum absolute atomic E-state index is 11.9. The van der Waals surface area contributed by atoms with Gasteiger partial charge in [0.05, 0.1) is 0 Å². The number of nitrogens with one attached hydrogen (secondary N) is 1. The van der Waals surface area contributed by atoms with E-state index in [1.165, 1.54) is 18.5 Å². The number of anilines is 1. The van der Waals surface area contributed by atoms with Gasteiger partial charge in [-0.1, -0.05) is 18.2 Å². The third kappa shape index (κ3) is 4.65. The van der Waals surface area contributed by atoms with Gasteiger partial charge in [-0.3, -0.25) is 0 Å². The van der Waals surface area contributed by atoms with E-state index in [4.69, 9.17) is 4.74 Å². The van der Waals surface area contributed by atoms with Crippen LogP contribution in [0.4, 0.5) is 10.5 Å². The molecule has 1 amide bonds. The fourth-order valence-electron chi connectivity index (χ4n) is 3.65. The van der Waals surface area contributed by atoms with Gasteiger partial charge in [-0.25, -0.2) is 4.79 Å². The highest BCUT2D eigenvalue weighted by molar-refractivity contribution is 5.68. The molecule has 1 N–H and O–H groups in total. The van der Waals surface area contributed by atoms with E-state index in [1.807, 2.05) is 20.8 Å². The van der Waals surface area contributed by atoms with Crippen LogP contribution in [0.5, 0.6) is 0 Å². The highest BCUT2D eigenvalue weighted by Gasteiger charge is 2.36. The van der Waals surface area contributed by atoms with Gasteiger partial charge in [0, 0.05) is 23.8 Å². The Hall–Kier alpha value is -1.71. The van der Waals surface area contributed by atoms with Crippen molar-refractivity contribution in [1.29, 1.82) is 0 Å². The number of para-hydroxylation sites is 1. The van der Waals surface area contributed by atoms with Crippen LogP contribution in [0.15, 0.2) is 30.3 Å². The van der Waals surface area contributed by atoms with Crippen molar-refractivity contribution in [1.82, 2.24) is 5.32 Å². The first-order chi connectivity index (χ1) is 11.4. The molecule has 4 heteroatoms. The van der Waals surface area contributed by atoms with Crippen LogP contribution in [0.1, 0.15) is 59.3 Å². The molecule has 24 heavy (non-hydrogen) atoms. The van der Waals surface area contributed by atoms with Crippen molar-refractivity contribution in [2.45, 2.75) is 83.0 Å². The van der Waals surface area contributed by atoms with Gasteiger partial charge in [0.25, 0.3) is 0 Å². The topological polar surface area (TPSA) is 41.6 Å². The molecule has 0 bridgehead atoms. The molecule has 0 aliphatic heterocycles. The summed E-state index contributed by atoms with van der Waals surface area (Å²) in [6.45, 7) is 5.70. The van der Waals surface area contributed by atoms with Crippen molar-refractivity contribution in [3.8, 4) is 0 Å². The van der Waals surface area contributed by atoms with Crippen LogP contribution in [0.25, 0.3) is 0 Å². The molecule has 2 aliphatic carbocycles. The normalized spacial score (nSPS) is 24.3. The molecule has 0 spiro atoms. The number of nitrogens with zero attached hydrogens (tertiary/aromatic N) is 1. The lowest BCUT2D eigenvalue weighted by Crippen LogP contribution is -2.46. The van der Waals surface area contributed by atoms with Gasteiger partial charge in [0.15, 0.2) is 0 Å². The number of carbonyl (C=O) groups excluding carboxylic acids is 1. The predicted molar refractivity (Wildman–Crippen MR) is 97.4 cm³/mol. The van der Waals surface area contributed by atoms with Gasteiger partial charge in [-0.05, 0) is 71.4 Å². The summed E-state index contributed by atoms with van der Waals surface area (Å²) >= 11 is 0. The number of alkyl carbamates (subject to hydrolysis) is 1. The Morgan fingerprint density at radius 2 is 1.54 bits per heavy atom. The zero-order valence-electron chi connectivity index (χ0n) is 15.1. The molecule has 1 aromatic carbocycles. The minimum atomic E-state index is -0.433. The van der Waals surface area contributed by atoms with E-state index >= 15 is 0 Å². The van der Waals surface area contributed by atoms with Crippen molar-refractivity contribution in [2.75, 3.05) is 4.90 Å². The minimum Gasteiger partial charge on any atom is -0.444 e. The highest BCUT2D eigenvalue weighted by Crippen LogP contribution is 2.37. The Bertz CT molecular complexity index is 541. The first kappa shape index (κ1) is 17.1. The summed E-state index contributed by atoms with van der Waals surface area (Å²) in [6, 6.07) is 12.3. The van der Waals surface area contributed by atoms with Crippen LogP contribution in [-0.2, 0) is 4.74 Å². The molecule has 2 saturated carbocycles. The number of carbonyl (C=O) groups is 1. The zero-order valence-corrected chi connectivity index (χ0v) is 15.1. The van der Waals surface area contributed by atoms with Gasteiger partial charge >= 0.3 is 6.09 Å². The molecular weight excluding hydrogens is 300 g/mol. The molecule has 4 nitrogen and oxygen atoms in total. The summed E-state index contributed by atoms with van der Waals surface area (Å²) in [5.74, 6) is 0. The molecule has 2 aliphatic rings. The second kappa shape index (κ2) is 7.04. The van der Waals surface area contributed by atoms with Crippen molar-refractivity contribution >= 4 is 11.8 Å². The van der Waals surface area contributed by atoms with Crippen molar-refractivity contribution in [3.63, 3.8) is 0 Å². The van der Waals surface area contributed by atoms with Gasteiger partial charge in [-0.15, -0.1) is 0 Å². The Balaban J connectivity index is 1.53. The lowest BCUT2D eigenvalue weighted by molar-refractivity contribution is 0.0491. The summed E-state index contributed by atoms with van der Waals surface area (Å²) in [7, 11) is 0. The molecule has 0 unspecified atom stereocenters. The van der Waals surface area contributed by atoms with E-state index < -0.39 is 5.60 Å². The number of hydrogen-bond donors (Lipinski definition) is 1. The third-order valence-electron chi connectivity index (χ3n) is 4.81. The van der Waals surface area contributed by atoms with E-state index in [-0.39, 0.29) is 12.1 Å². The first-order valence-corrected chi connectivity index (χ1v) is 9.25. The molecule has 1 aromatic rings. The summed E-state index contributed by atoms with van der Waals surface area (Å²) in [5, 5.41) is 3.04. The summed E-state index contributed by atoms with van der Waals surface area (Å²) < 4.78 is 5.37. The van der Waals surface area contributed by atoms with Gasteiger partial charge in [-0.2, -0.15) is 0 Å². The number of ether oxygens (including phenoxy) is 1. The quantitative estimate of drug-likeness (QED) is 0.884. The second-order valence-electron chi connectivity index (χ2n) is 8.13. The fourth-order valence-corrected chi connectivity index (χ4v) is 3.65. The van der Waals surface area contributed by atoms with Crippen molar-refractivity contribution in [2.24, 2.45) is 0 Å². The lowest BCUT2D eigenvalue weighted by atomic mass is 9.89. The van der Waals surface area contributed by atoms with Crippen LogP contribution in [0.3, 0.4) is 0 Å². The number of rotatable bonds is 4. The lowest BCUT2D eigenvalue weighted by Gasteiger charge is -2.39. The second-order valence-corrected chi connectivity index (χ2v) is 8.13. The van der Waals surface area contributed by atoms with Crippen molar-refractivity contribution < 1.29 is 9.53 Å². The van der Waals surface area contributed by atoms with Crippen LogP contribution in [0, 0.1) is 0 Å². The molecule has 2 fully saturated rings. The molecule has 0 saturated heterocycles. The maximum atomic E-state index is 11.9. The van der Waals surface area contributed by atoms with Crippen LogP contribution in [0.2, 0.25) is 0 Å². The zero-order chi connectivity index (χ0) is 17.2. The number of amides is 1. The van der Waals surface area contributed by atoms with E-state index in [9.17, 15) is 4.79 Å². The molecule has 0 heterocycles. The average molecular weight is 330 g/mol. The molecule has 132 valence electrons. The molecule has 3 rings (SSSR count). The van der Waals surface area contributed by atoms with Gasteiger partial charge in [0.1, 0.15) is 5.60 Å². The van der Waals surface area contributed by atoms with Crippen molar-refractivity contribution in [3.05, 3.63) is 30.3 Å². The number of hydrogen-bond acceptors (Lipinski definition) is 3. The molecule has 0 radical (unpaired) electrons. The van der Waals surface area contributed by atoms with Crippen LogP contribution >= 0.6 is 0 Å². The van der Waals surface area contributed by atoms with E-state index in [1.54, 1.807) is 0 Å². The molecular formula is C20H30N2O2. The standard InChI is InChI=1S/C20H30N2O2/c1-20(2,3)24-19(23)21-15-9-11-17(12-10-15)22(18-13-14-18)16-7-5-4-6-8-16/h4-8,15,17-18H,9-14H2,1-3H3,(H,21,23). The molecule has 0 atom stereocenters. The smallest absolute Gasteiger partial charge is 0.407 e. The summed E-state index contributed by atoms with van der Waals surface area (Å²) in [6.07, 6.45) is 6.65. The van der Waals surface area contributed by atoms with Gasteiger partial charge < -0.3 is 15.0 Å². The fraction of sp³-hybridized carbons (Fsp3) is 0.650. The summed E-state index contributed by atoms with van der Waals surface area (Å²) in [4.78, 5) is 14.6.